The second-order valence-electron chi connectivity index (χ2n) is 5.73. The summed E-state index contributed by atoms with van der Waals surface area (Å²) in [6.45, 7) is 0.637. The van der Waals surface area contributed by atoms with E-state index >= 15 is 0 Å². The van der Waals surface area contributed by atoms with Crippen LogP contribution in [0.15, 0.2) is 58.2 Å². The highest BCUT2D eigenvalue weighted by molar-refractivity contribution is 14.1. The number of nitrogens with one attached hydrogen (secondary N) is 2. The summed E-state index contributed by atoms with van der Waals surface area (Å²) in [5.74, 6) is 0.742. The fourth-order valence-electron chi connectivity index (χ4n) is 2.64. The van der Waals surface area contributed by atoms with Crippen molar-refractivity contribution in [3.8, 4) is 5.69 Å². The number of aromatic nitrogens is 2. The Bertz CT molecular complexity index is 1020. The molecule has 0 spiro atoms. The predicted octanol–water partition coefficient (Wildman–Crippen LogP) is 4.73. The minimum Gasteiger partial charge on any atom is -0.266 e. The first-order chi connectivity index (χ1) is 13.0. The van der Waals surface area contributed by atoms with Gasteiger partial charge in [-0.2, -0.15) is 5.10 Å². The molecule has 10 heteroatoms. The molecule has 0 fully saturated rings. The van der Waals surface area contributed by atoms with Crippen molar-refractivity contribution in [2.24, 2.45) is 5.10 Å². The zero-order valence-electron chi connectivity index (χ0n) is 13.6. The van der Waals surface area contributed by atoms with Crippen molar-refractivity contribution in [2.45, 2.75) is 6.54 Å². The van der Waals surface area contributed by atoms with Crippen molar-refractivity contribution in [1.82, 2.24) is 25.9 Å². The summed E-state index contributed by atoms with van der Waals surface area (Å²) in [5, 5.41) is 11.9. The van der Waals surface area contributed by atoms with E-state index in [4.69, 9.17) is 23.2 Å². The maximum absolute atomic E-state index is 6.33. The first kappa shape index (κ1) is 19.0. The van der Waals surface area contributed by atoms with Crippen LogP contribution in [0, 0.1) is 3.70 Å². The maximum Gasteiger partial charge on any atom is 0.177 e. The van der Waals surface area contributed by atoms with Gasteiger partial charge < -0.3 is 0 Å². The minimum absolute atomic E-state index is 0.572. The number of amidine groups is 1. The van der Waals surface area contributed by atoms with E-state index in [2.05, 4.69) is 71.9 Å². The predicted molar refractivity (Wildman–Crippen MR) is 119 cm³/mol. The van der Waals surface area contributed by atoms with E-state index in [-0.39, 0.29) is 0 Å². The molecule has 1 aliphatic rings. The van der Waals surface area contributed by atoms with E-state index in [1.54, 1.807) is 29.1 Å². The summed E-state index contributed by atoms with van der Waals surface area (Å²) in [4.78, 5) is 0. The SMILES string of the molecule is Clc1ccc(Cl)c(-n2ncc(C3=NNNN3Cc3ccc(Br)cc3)c2I)c1. The summed E-state index contributed by atoms with van der Waals surface area (Å²) in [6, 6.07) is 13.4. The molecule has 0 aliphatic carbocycles. The number of hydrazine groups is 2. The number of halogens is 4. The minimum atomic E-state index is 0.572. The van der Waals surface area contributed by atoms with Crippen LogP contribution in [0.25, 0.3) is 5.69 Å². The molecular formula is C17H12BrCl2IN6. The molecule has 0 amide bonds. The highest BCUT2D eigenvalue weighted by atomic mass is 127. The van der Waals surface area contributed by atoms with Crippen LogP contribution in [0.5, 0.6) is 0 Å². The van der Waals surface area contributed by atoms with Gasteiger partial charge in [0.15, 0.2) is 5.84 Å². The zero-order valence-corrected chi connectivity index (χ0v) is 18.9. The first-order valence-electron chi connectivity index (χ1n) is 7.82. The Morgan fingerprint density at radius 3 is 2.67 bits per heavy atom. The van der Waals surface area contributed by atoms with Crippen molar-refractivity contribution in [3.05, 3.63) is 78.0 Å². The molecule has 3 aromatic rings. The molecule has 0 saturated heterocycles. The summed E-state index contributed by atoms with van der Waals surface area (Å²) in [7, 11) is 0. The lowest BCUT2D eigenvalue weighted by Gasteiger charge is -2.18. The summed E-state index contributed by atoms with van der Waals surface area (Å²) in [5.41, 5.74) is 8.60. The molecule has 2 heterocycles. The van der Waals surface area contributed by atoms with Crippen LogP contribution < -0.4 is 11.1 Å². The number of hydrogen-bond donors (Lipinski definition) is 2. The zero-order chi connectivity index (χ0) is 19.0. The number of benzene rings is 2. The van der Waals surface area contributed by atoms with Crippen molar-refractivity contribution < 1.29 is 0 Å². The van der Waals surface area contributed by atoms with Gasteiger partial charge in [-0.05, 0) is 58.5 Å². The van der Waals surface area contributed by atoms with Crippen LogP contribution in [0.3, 0.4) is 0 Å². The smallest absolute Gasteiger partial charge is 0.177 e. The fraction of sp³-hybridized carbons (Fsp3) is 0.0588. The van der Waals surface area contributed by atoms with Gasteiger partial charge in [0.1, 0.15) is 3.70 Å². The third-order valence-corrected chi connectivity index (χ3v) is 6.07. The molecule has 0 saturated carbocycles. The van der Waals surface area contributed by atoms with Crippen LogP contribution in [-0.2, 0) is 6.54 Å². The van der Waals surface area contributed by atoms with E-state index < -0.39 is 0 Å². The van der Waals surface area contributed by atoms with E-state index in [1.807, 2.05) is 17.1 Å². The second-order valence-corrected chi connectivity index (χ2v) is 8.51. The van der Waals surface area contributed by atoms with Crippen molar-refractivity contribution in [1.29, 1.82) is 0 Å². The Balaban J connectivity index is 1.64. The quantitative estimate of drug-likeness (QED) is 0.440. The largest absolute Gasteiger partial charge is 0.266 e. The molecule has 27 heavy (non-hydrogen) atoms. The molecule has 1 aliphatic heterocycles. The van der Waals surface area contributed by atoms with Gasteiger partial charge in [-0.3, -0.25) is 5.01 Å². The number of rotatable bonds is 4. The topological polar surface area (TPSA) is 57.5 Å². The molecule has 0 radical (unpaired) electrons. The van der Waals surface area contributed by atoms with Crippen molar-refractivity contribution in [3.63, 3.8) is 0 Å². The van der Waals surface area contributed by atoms with E-state index in [9.17, 15) is 0 Å². The lowest BCUT2D eigenvalue weighted by atomic mass is 10.2. The van der Waals surface area contributed by atoms with Crippen LogP contribution >= 0.6 is 61.7 Å². The normalized spacial score (nSPS) is 13.6. The Morgan fingerprint density at radius 1 is 1.11 bits per heavy atom. The van der Waals surface area contributed by atoms with Gasteiger partial charge in [0, 0.05) is 9.50 Å². The number of hydrogen-bond acceptors (Lipinski definition) is 5. The Labute approximate surface area is 187 Å². The van der Waals surface area contributed by atoms with Crippen LogP contribution in [0.2, 0.25) is 10.0 Å². The van der Waals surface area contributed by atoms with Gasteiger partial charge in [-0.25, -0.2) is 10.2 Å². The monoisotopic (exact) mass is 576 g/mol. The van der Waals surface area contributed by atoms with E-state index in [0.717, 1.165) is 30.8 Å². The Hall–Kier alpha value is -1.33. The lowest BCUT2D eigenvalue weighted by molar-refractivity contribution is 0.288. The van der Waals surface area contributed by atoms with Crippen LogP contribution in [0.1, 0.15) is 11.1 Å². The highest BCUT2D eigenvalue weighted by Gasteiger charge is 2.24. The van der Waals surface area contributed by atoms with Crippen LogP contribution in [0.4, 0.5) is 0 Å². The molecule has 0 unspecified atom stereocenters. The first-order valence-corrected chi connectivity index (χ1v) is 10.5. The van der Waals surface area contributed by atoms with Crippen LogP contribution in [-0.4, -0.2) is 20.6 Å². The lowest BCUT2D eigenvalue weighted by Crippen LogP contribution is -2.40. The molecule has 2 aromatic carbocycles. The maximum atomic E-state index is 6.33. The third kappa shape index (κ3) is 3.95. The molecule has 2 N–H and O–H groups in total. The highest BCUT2D eigenvalue weighted by Crippen LogP contribution is 2.27. The van der Waals surface area contributed by atoms with Crippen molar-refractivity contribution >= 4 is 67.6 Å². The van der Waals surface area contributed by atoms with Gasteiger partial charge in [0.05, 0.1) is 29.0 Å². The summed E-state index contributed by atoms with van der Waals surface area (Å²) >= 11 is 18.1. The Morgan fingerprint density at radius 2 is 1.89 bits per heavy atom. The molecular weight excluding hydrogens is 566 g/mol. The molecule has 0 bridgehead atoms. The number of nitrogens with zero attached hydrogens (tertiary/aromatic N) is 4. The molecule has 4 rings (SSSR count). The van der Waals surface area contributed by atoms with E-state index in [1.165, 1.54) is 0 Å². The van der Waals surface area contributed by atoms with Gasteiger partial charge in [0.2, 0.25) is 0 Å². The fourth-order valence-corrected chi connectivity index (χ4v) is 4.04. The van der Waals surface area contributed by atoms with Gasteiger partial charge in [-0.15, -0.1) is 10.6 Å². The number of hydrazone groups is 1. The summed E-state index contributed by atoms with van der Waals surface area (Å²) < 4.78 is 3.67. The molecule has 6 nitrogen and oxygen atoms in total. The molecule has 138 valence electrons. The third-order valence-electron chi connectivity index (χ3n) is 3.94. The van der Waals surface area contributed by atoms with Crippen molar-refractivity contribution in [2.75, 3.05) is 0 Å². The van der Waals surface area contributed by atoms with E-state index in [0.29, 0.717) is 16.6 Å². The average molecular weight is 578 g/mol. The van der Waals surface area contributed by atoms with Gasteiger partial charge in [0.25, 0.3) is 0 Å². The standard InChI is InChI=1S/C17H12BrCl2IN6/c18-11-3-1-10(2-4-11)9-26-17(23-24-25-26)13-8-22-27(16(13)21)15-7-12(19)5-6-14(15)20/h1-8,24-25H,9H2. The molecule has 0 atom stereocenters. The Kier molecular flexibility index (Phi) is 5.60. The summed E-state index contributed by atoms with van der Waals surface area (Å²) in [6.07, 6.45) is 1.76. The second kappa shape index (κ2) is 7.96. The van der Waals surface area contributed by atoms with Gasteiger partial charge >= 0.3 is 0 Å². The average Bonchev–Trinajstić information content (AvgIpc) is 3.25. The van der Waals surface area contributed by atoms with Gasteiger partial charge in [-0.1, -0.05) is 51.3 Å². The molecule has 1 aromatic heterocycles.